The van der Waals surface area contributed by atoms with Crippen molar-refractivity contribution in [3.05, 3.63) is 54.2 Å². The molecule has 0 radical (unpaired) electrons. The van der Waals surface area contributed by atoms with E-state index >= 15 is 0 Å². The Kier molecular flexibility index (Phi) is 17.7. The van der Waals surface area contributed by atoms with Crippen LogP contribution in [0.2, 0.25) is 0 Å². The molecule has 0 saturated heterocycles. The first-order valence-corrected chi connectivity index (χ1v) is 26.0. The van der Waals surface area contributed by atoms with Gasteiger partial charge in [0, 0.05) is 28.6 Å². The summed E-state index contributed by atoms with van der Waals surface area (Å²) < 4.78 is 4.33. The summed E-state index contributed by atoms with van der Waals surface area (Å²) in [6, 6.07) is 3.96. The summed E-state index contributed by atoms with van der Waals surface area (Å²) in [5.74, 6) is 0. The Labute approximate surface area is 365 Å². The van der Waals surface area contributed by atoms with Crippen LogP contribution >= 0.6 is 45.3 Å². The highest BCUT2D eigenvalue weighted by Gasteiger charge is 2.40. The number of aryl methyl sites for hydroxylation is 3. The molecule has 320 valence electrons. The first-order chi connectivity index (χ1) is 28.9. The second-order valence-electron chi connectivity index (χ2n) is 16.3. The zero-order valence-electron chi connectivity index (χ0n) is 35.5. The Bertz CT molecular complexity index is 2110. The first kappa shape index (κ1) is 45.3. The van der Waals surface area contributed by atoms with Crippen LogP contribution in [0.15, 0.2) is 22.9 Å². The van der Waals surface area contributed by atoms with E-state index in [1.165, 1.54) is 137 Å². The third-order valence-electron chi connectivity index (χ3n) is 11.6. The molecule has 0 spiro atoms. The number of nitro groups is 2. The summed E-state index contributed by atoms with van der Waals surface area (Å²) in [5, 5.41) is 40.7. The van der Waals surface area contributed by atoms with Crippen molar-refractivity contribution >= 4 is 86.6 Å². The van der Waals surface area contributed by atoms with Gasteiger partial charge in [0.2, 0.25) is 0 Å². The minimum atomic E-state index is -0.557. The lowest BCUT2D eigenvalue weighted by atomic mass is 10.0. The van der Waals surface area contributed by atoms with Crippen molar-refractivity contribution in [1.82, 2.24) is 15.0 Å². The third-order valence-corrected chi connectivity index (χ3v) is 16.3. The molecule has 0 N–H and O–H groups in total. The molecule has 1 aromatic carbocycles. The van der Waals surface area contributed by atoms with Crippen LogP contribution in [0.25, 0.3) is 50.7 Å². The van der Waals surface area contributed by atoms with E-state index in [9.17, 15) is 20.2 Å². The molecule has 0 amide bonds. The number of aromatic nitrogens is 3. The predicted octanol–water partition coefficient (Wildman–Crippen LogP) is 16.9. The van der Waals surface area contributed by atoms with E-state index in [1.54, 1.807) is 27.5 Å². The van der Waals surface area contributed by atoms with E-state index in [-0.39, 0.29) is 11.1 Å². The molecule has 6 aromatic rings. The van der Waals surface area contributed by atoms with E-state index in [2.05, 4.69) is 31.5 Å². The second-order valence-corrected chi connectivity index (χ2v) is 20.2. The van der Waals surface area contributed by atoms with Crippen molar-refractivity contribution in [3.8, 4) is 20.9 Å². The molecule has 6 rings (SSSR count). The van der Waals surface area contributed by atoms with Gasteiger partial charge in [0.05, 0.1) is 16.4 Å². The maximum atomic E-state index is 13.2. The number of hydrogen-bond acceptors (Lipinski definition) is 10. The van der Waals surface area contributed by atoms with E-state index in [1.807, 2.05) is 12.1 Å². The smallest absolute Gasteiger partial charge is 0.258 e. The lowest BCUT2D eigenvalue weighted by Crippen LogP contribution is -2.02. The lowest BCUT2D eigenvalue weighted by molar-refractivity contribution is -0.421. The highest BCUT2D eigenvalue weighted by Crippen LogP contribution is 2.54. The Hall–Kier alpha value is -3.26. The van der Waals surface area contributed by atoms with Crippen molar-refractivity contribution in [3.63, 3.8) is 0 Å². The molecule has 5 heterocycles. The normalized spacial score (nSPS) is 11.9. The molecule has 0 bridgehead atoms. The molecule has 5 aromatic heterocycles. The number of fused-ring (bicyclic) bond motifs is 3. The number of benzene rings is 1. The molecule has 0 saturated carbocycles. The lowest BCUT2D eigenvalue weighted by Gasteiger charge is -2.07. The highest BCUT2D eigenvalue weighted by atomic mass is 32.1. The van der Waals surface area contributed by atoms with Crippen LogP contribution in [0.5, 0.6) is 0 Å². The van der Waals surface area contributed by atoms with Crippen molar-refractivity contribution in [1.29, 1.82) is 0 Å². The summed E-state index contributed by atoms with van der Waals surface area (Å²) in [7, 11) is 0. The summed E-state index contributed by atoms with van der Waals surface area (Å²) in [5.41, 5.74) is 2.70. The van der Waals surface area contributed by atoms with Crippen molar-refractivity contribution < 1.29 is 9.85 Å². The van der Waals surface area contributed by atoms with E-state index in [4.69, 9.17) is 10.2 Å². The van der Waals surface area contributed by atoms with Gasteiger partial charge in [-0.25, -0.2) is 0 Å². The number of thiophene rings is 4. The minimum absolute atomic E-state index is 0.215. The molecule has 0 aliphatic carbocycles. The van der Waals surface area contributed by atoms with Crippen LogP contribution < -0.4 is 0 Å². The SMILES string of the molecule is CCCCCCCCCCCc1csc2cc(-c3c([N+](=O)[O-])c([N+](=O)[O-])c(-c4cc5scc(CCCCCCCCCCC)c5s4)c4nn(CCCCCC)nc34)sc12. The number of nitrogens with zero attached hydrogens (tertiary/aromatic N) is 5. The van der Waals surface area contributed by atoms with Gasteiger partial charge >= 0.3 is 11.4 Å². The van der Waals surface area contributed by atoms with Gasteiger partial charge in [-0.15, -0.1) is 45.3 Å². The summed E-state index contributed by atoms with van der Waals surface area (Å²) >= 11 is 6.29. The Morgan fingerprint density at radius 1 is 0.525 bits per heavy atom. The molecule has 0 atom stereocenters. The summed E-state index contributed by atoms with van der Waals surface area (Å²) in [6.45, 7) is 7.21. The molecule has 0 fully saturated rings. The summed E-state index contributed by atoms with van der Waals surface area (Å²) in [6.07, 6.45) is 28.7. The Balaban J connectivity index is 1.32. The standard InChI is InChI=1S/C46H63N5O4S4/c1-4-7-10-13-15-17-19-21-23-26-33-31-56-37-29-35(58-45(33)37)39-41-42(48-49(47-41)28-25-12-9-6-3)40(44(51(54)55)43(39)50(52)53)36-30-38-46(59-36)34(32-57-38)27-24-22-20-18-16-14-11-8-5-2/h29-32H,4-28H2,1-3H3. The average Bonchev–Trinajstić information content (AvgIpc) is 4.06. The molecule has 59 heavy (non-hydrogen) atoms. The second kappa shape index (κ2) is 23.1. The third kappa shape index (κ3) is 11.6. The number of unbranched alkanes of at least 4 members (excludes halogenated alkanes) is 19. The topological polar surface area (TPSA) is 117 Å². The van der Waals surface area contributed by atoms with Gasteiger partial charge in [-0.3, -0.25) is 20.2 Å². The van der Waals surface area contributed by atoms with Gasteiger partial charge in [0.15, 0.2) is 0 Å². The van der Waals surface area contributed by atoms with Crippen LogP contribution in [-0.4, -0.2) is 24.8 Å². The molecule has 0 unspecified atom stereocenters. The summed E-state index contributed by atoms with van der Waals surface area (Å²) in [4.78, 5) is 28.2. The van der Waals surface area contributed by atoms with Gasteiger partial charge in [0.1, 0.15) is 22.2 Å². The van der Waals surface area contributed by atoms with Crippen molar-refractivity contribution in [2.75, 3.05) is 0 Å². The van der Waals surface area contributed by atoms with Gasteiger partial charge < -0.3 is 0 Å². The number of hydrogen-bond donors (Lipinski definition) is 0. The molecule has 0 aliphatic rings. The Morgan fingerprint density at radius 2 is 0.881 bits per heavy atom. The highest BCUT2D eigenvalue weighted by molar-refractivity contribution is 7.29. The van der Waals surface area contributed by atoms with Gasteiger partial charge in [-0.1, -0.05) is 143 Å². The van der Waals surface area contributed by atoms with Crippen LogP contribution in [0, 0.1) is 20.2 Å². The zero-order chi connectivity index (χ0) is 41.6. The maximum Gasteiger partial charge on any atom is 0.357 e. The fourth-order valence-corrected chi connectivity index (χ4v) is 13.3. The molecule has 9 nitrogen and oxygen atoms in total. The van der Waals surface area contributed by atoms with Gasteiger partial charge in [0.25, 0.3) is 0 Å². The number of nitro benzene ring substituents is 2. The van der Waals surface area contributed by atoms with Crippen molar-refractivity contribution in [2.24, 2.45) is 0 Å². The van der Waals surface area contributed by atoms with E-state index < -0.39 is 21.2 Å². The largest absolute Gasteiger partial charge is 0.357 e. The van der Waals surface area contributed by atoms with Gasteiger partial charge in [-0.05, 0) is 66.1 Å². The van der Waals surface area contributed by atoms with Crippen LogP contribution in [0.3, 0.4) is 0 Å². The quantitative estimate of drug-likeness (QED) is 0.0263. The van der Waals surface area contributed by atoms with Crippen molar-refractivity contribution in [2.45, 2.75) is 181 Å². The van der Waals surface area contributed by atoms with Crippen LogP contribution in [0.1, 0.15) is 173 Å². The predicted molar refractivity (Wildman–Crippen MR) is 254 cm³/mol. The first-order valence-electron chi connectivity index (χ1n) is 22.6. The molecule has 13 heteroatoms. The minimum Gasteiger partial charge on any atom is -0.258 e. The zero-order valence-corrected chi connectivity index (χ0v) is 38.8. The monoisotopic (exact) mass is 877 g/mol. The molecular formula is C46H63N5O4S4. The Morgan fingerprint density at radius 3 is 1.25 bits per heavy atom. The average molecular weight is 878 g/mol. The van der Waals surface area contributed by atoms with E-state index in [0.717, 1.165) is 70.2 Å². The molecular weight excluding hydrogens is 815 g/mol. The van der Waals surface area contributed by atoms with Gasteiger partial charge in [-0.2, -0.15) is 15.0 Å². The van der Waals surface area contributed by atoms with E-state index in [0.29, 0.717) is 27.3 Å². The molecule has 0 aliphatic heterocycles. The fraction of sp³-hybridized carbons (Fsp3) is 0.609. The van der Waals surface area contributed by atoms with Crippen LogP contribution in [0.4, 0.5) is 11.4 Å². The van der Waals surface area contributed by atoms with Crippen LogP contribution in [-0.2, 0) is 19.4 Å². The number of rotatable bonds is 29. The maximum absolute atomic E-state index is 13.2. The fourth-order valence-electron chi connectivity index (χ4n) is 8.34.